The van der Waals surface area contributed by atoms with Crippen LogP contribution in [0.1, 0.15) is 41.0 Å². The molecule has 0 aliphatic heterocycles. The maximum atomic E-state index is 9.37. The fourth-order valence-electron chi connectivity index (χ4n) is 3.04. The third-order valence-corrected chi connectivity index (χ3v) is 4.38. The van der Waals surface area contributed by atoms with Gasteiger partial charge in [0, 0.05) is 6.42 Å². The van der Waals surface area contributed by atoms with E-state index in [1.54, 1.807) is 0 Å². The number of ether oxygens (including phenoxy) is 1. The summed E-state index contributed by atoms with van der Waals surface area (Å²) < 4.78 is 5.86. The highest BCUT2D eigenvalue weighted by molar-refractivity contribution is 5.38. The van der Waals surface area contributed by atoms with Crippen LogP contribution >= 0.6 is 0 Å². The average molecular weight is 291 g/mol. The first-order valence-electron chi connectivity index (χ1n) is 7.97. The predicted octanol–water partition coefficient (Wildman–Crippen LogP) is 4.56. The van der Waals surface area contributed by atoms with Gasteiger partial charge in [-0.25, -0.2) is 0 Å². The van der Waals surface area contributed by atoms with Gasteiger partial charge in [0.05, 0.1) is 18.6 Å². The number of nitrogens with zero attached hydrogens (tertiary/aromatic N) is 1. The van der Waals surface area contributed by atoms with Gasteiger partial charge in [-0.05, 0) is 55.0 Å². The van der Waals surface area contributed by atoms with Crippen LogP contribution in [0.2, 0.25) is 0 Å². The lowest BCUT2D eigenvalue weighted by Crippen LogP contribution is -2.05. The Kier molecular flexibility index (Phi) is 4.44. The van der Waals surface area contributed by atoms with E-state index in [2.05, 4.69) is 43.3 Å². The second-order valence-electron chi connectivity index (χ2n) is 6.01. The Balaban J connectivity index is 1.57. The van der Waals surface area contributed by atoms with E-state index in [0.29, 0.717) is 6.61 Å². The van der Waals surface area contributed by atoms with E-state index >= 15 is 0 Å². The Morgan fingerprint density at radius 3 is 2.64 bits per heavy atom. The second kappa shape index (κ2) is 6.66. The van der Waals surface area contributed by atoms with Crippen molar-refractivity contribution in [3.63, 3.8) is 0 Å². The summed E-state index contributed by atoms with van der Waals surface area (Å²) in [6.45, 7) is 2.63. The van der Waals surface area contributed by atoms with Crippen LogP contribution in [0.25, 0.3) is 0 Å². The maximum Gasteiger partial charge on any atom is 0.119 e. The molecule has 2 aromatic carbocycles. The second-order valence-corrected chi connectivity index (χ2v) is 6.01. The van der Waals surface area contributed by atoms with Gasteiger partial charge in [-0.2, -0.15) is 5.26 Å². The van der Waals surface area contributed by atoms with E-state index < -0.39 is 0 Å². The first kappa shape index (κ1) is 14.7. The van der Waals surface area contributed by atoms with Gasteiger partial charge >= 0.3 is 0 Å². The molecule has 0 amide bonds. The topological polar surface area (TPSA) is 33.0 Å². The first-order valence-corrected chi connectivity index (χ1v) is 7.97. The molecule has 1 aliphatic rings. The lowest BCUT2D eigenvalue weighted by Gasteiger charge is -2.12. The molecule has 0 aromatic heterocycles. The molecule has 0 saturated carbocycles. The van der Waals surface area contributed by atoms with Crippen molar-refractivity contribution in [3.05, 3.63) is 64.7 Å². The van der Waals surface area contributed by atoms with Gasteiger partial charge in [0.15, 0.2) is 0 Å². The molecular weight excluding hydrogens is 270 g/mol. The summed E-state index contributed by atoms with van der Waals surface area (Å²) in [4.78, 5) is 0. The molecule has 0 fully saturated rings. The molecule has 0 radical (unpaired) electrons. The predicted molar refractivity (Wildman–Crippen MR) is 88.1 cm³/mol. The van der Waals surface area contributed by atoms with Crippen molar-refractivity contribution in [1.82, 2.24) is 0 Å². The van der Waals surface area contributed by atoms with Crippen LogP contribution in [0.5, 0.6) is 5.75 Å². The van der Waals surface area contributed by atoms with Gasteiger partial charge < -0.3 is 4.74 Å². The molecule has 0 spiro atoms. The largest absolute Gasteiger partial charge is 0.494 e. The van der Waals surface area contributed by atoms with Crippen LogP contribution in [-0.4, -0.2) is 6.61 Å². The fourth-order valence-corrected chi connectivity index (χ4v) is 3.04. The normalized spacial score (nSPS) is 14.2. The summed E-state index contributed by atoms with van der Waals surface area (Å²) in [5.41, 5.74) is 5.18. The molecule has 0 bridgehead atoms. The van der Waals surface area contributed by atoms with Crippen molar-refractivity contribution in [2.75, 3.05) is 6.61 Å². The third-order valence-electron chi connectivity index (χ3n) is 4.38. The Bertz CT molecular complexity index is 682. The maximum absolute atomic E-state index is 9.37. The monoisotopic (exact) mass is 291 g/mol. The molecule has 22 heavy (non-hydrogen) atoms. The smallest absolute Gasteiger partial charge is 0.119 e. The van der Waals surface area contributed by atoms with E-state index in [1.165, 1.54) is 29.5 Å². The van der Waals surface area contributed by atoms with E-state index in [-0.39, 0.29) is 5.92 Å². The number of hydrogen-bond acceptors (Lipinski definition) is 2. The zero-order valence-electron chi connectivity index (χ0n) is 13.0. The summed E-state index contributed by atoms with van der Waals surface area (Å²) in [5, 5.41) is 9.37. The minimum Gasteiger partial charge on any atom is -0.494 e. The lowest BCUT2D eigenvalue weighted by atomic mass is 9.97. The highest BCUT2D eigenvalue weighted by atomic mass is 16.5. The highest BCUT2D eigenvalue weighted by Crippen LogP contribution is 2.26. The van der Waals surface area contributed by atoms with Crippen molar-refractivity contribution >= 4 is 0 Å². The van der Waals surface area contributed by atoms with Gasteiger partial charge in [-0.1, -0.05) is 35.9 Å². The third kappa shape index (κ3) is 3.31. The summed E-state index contributed by atoms with van der Waals surface area (Å²) in [7, 11) is 0. The number of hydrogen-bond donors (Lipinski definition) is 0. The van der Waals surface area contributed by atoms with Gasteiger partial charge in [-0.15, -0.1) is 0 Å². The van der Waals surface area contributed by atoms with Crippen LogP contribution in [0.3, 0.4) is 0 Å². The number of aryl methyl sites for hydroxylation is 3. The summed E-state index contributed by atoms with van der Waals surface area (Å²) in [6, 6.07) is 17.0. The summed E-state index contributed by atoms with van der Waals surface area (Å²) in [5.74, 6) is 0.830. The fraction of sp³-hybridized carbons (Fsp3) is 0.350. The van der Waals surface area contributed by atoms with Crippen LogP contribution in [0.15, 0.2) is 42.5 Å². The average Bonchev–Trinajstić information content (AvgIpc) is 3.00. The molecule has 1 unspecified atom stereocenters. The standard InChI is InChI=1S/C20H21NO/c1-15-5-7-17(8-6-15)19(14-21)11-12-22-20-10-9-16-3-2-4-18(16)13-20/h5-10,13,19H,2-4,11-12H2,1H3. The Morgan fingerprint density at radius 2 is 1.86 bits per heavy atom. The number of rotatable bonds is 5. The number of benzene rings is 2. The van der Waals surface area contributed by atoms with Crippen LogP contribution in [0, 0.1) is 18.3 Å². The molecule has 1 atom stereocenters. The zero-order chi connectivity index (χ0) is 15.4. The highest BCUT2D eigenvalue weighted by Gasteiger charge is 2.13. The van der Waals surface area contributed by atoms with Gasteiger partial charge in [0.1, 0.15) is 5.75 Å². The summed E-state index contributed by atoms with van der Waals surface area (Å²) >= 11 is 0. The zero-order valence-corrected chi connectivity index (χ0v) is 13.0. The van der Waals surface area contributed by atoms with Crippen LogP contribution in [0.4, 0.5) is 0 Å². The van der Waals surface area contributed by atoms with E-state index in [9.17, 15) is 5.26 Å². The van der Waals surface area contributed by atoms with E-state index in [4.69, 9.17) is 4.74 Å². The Labute approximate surface area is 132 Å². The quantitative estimate of drug-likeness (QED) is 0.809. The molecule has 2 aromatic rings. The molecule has 0 heterocycles. The van der Waals surface area contributed by atoms with Crippen molar-refractivity contribution in [2.45, 2.75) is 38.5 Å². The molecule has 0 saturated heterocycles. The van der Waals surface area contributed by atoms with Crippen molar-refractivity contribution in [3.8, 4) is 11.8 Å². The lowest BCUT2D eigenvalue weighted by molar-refractivity contribution is 0.305. The summed E-state index contributed by atoms with van der Waals surface area (Å²) in [6.07, 6.45) is 4.33. The minimum atomic E-state index is -0.102. The molecular formula is C20H21NO. The Hall–Kier alpha value is -2.27. The van der Waals surface area contributed by atoms with Crippen molar-refractivity contribution in [1.29, 1.82) is 5.26 Å². The van der Waals surface area contributed by atoms with Gasteiger partial charge in [0.2, 0.25) is 0 Å². The van der Waals surface area contributed by atoms with Crippen LogP contribution in [-0.2, 0) is 12.8 Å². The molecule has 1 aliphatic carbocycles. The SMILES string of the molecule is Cc1ccc(C(C#N)CCOc2ccc3c(c2)CCC3)cc1. The van der Waals surface area contributed by atoms with Crippen LogP contribution < -0.4 is 4.74 Å². The minimum absolute atomic E-state index is 0.102. The van der Waals surface area contributed by atoms with E-state index in [1.807, 2.05) is 12.1 Å². The molecule has 3 rings (SSSR count). The Morgan fingerprint density at radius 1 is 1.09 bits per heavy atom. The van der Waals surface area contributed by atoms with Gasteiger partial charge in [0.25, 0.3) is 0 Å². The first-order chi connectivity index (χ1) is 10.8. The number of nitriles is 1. The molecule has 112 valence electrons. The molecule has 0 N–H and O–H groups in total. The van der Waals surface area contributed by atoms with E-state index in [0.717, 1.165) is 24.2 Å². The number of fused-ring (bicyclic) bond motifs is 1. The molecule has 2 heteroatoms. The van der Waals surface area contributed by atoms with Gasteiger partial charge in [-0.3, -0.25) is 0 Å². The van der Waals surface area contributed by atoms with Crippen molar-refractivity contribution in [2.24, 2.45) is 0 Å². The molecule has 2 nitrogen and oxygen atoms in total. The van der Waals surface area contributed by atoms with Crippen molar-refractivity contribution < 1.29 is 4.74 Å².